The Morgan fingerprint density at radius 3 is 2.84 bits per heavy atom. The van der Waals surface area contributed by atoms with Crippen molar-refractivity contribution in [1.82, 2.24) is 9.55 Å². The molecule has 158 valence electrons. The average Bonchev–Trinajstić information content (AvgIpc) is 3.44. The highest BCUT2D eigenvalue weighted by Crippen LogP contribution is 2.34. The van der Waals surface area contributed by atoms with E-state index in [1.165, 1.54) is 23.1 Å². The monoisotopic (exact) mass is 467 g/mol. The molecule has 0 unspecified atom stereocenters. The largest absolute Gasteiger partial charge is 0.325 e. The Bertz CT molecular complexity index is 1290. The van der Waals surface area contributed by atoms with Crippen LogP contribution in [0.15, 0.2) is 69.8 Å². The van der Waals surface area contributed by atoms with Gasteiger partial charge >= 0.3 is 0 Å². The van der Waals surface area contributed by atoms with E-state index in [4.69, 9.17) is 4.98 Å². The van der Waals surface area contributed by atoms with Crippen molar-refractivity contribution < 1.29 is 4.79 Å². The standard InChI is InChI=1S/C23H21N3O2S3/c1-3-11-26-22(28)20-16(18-10-7-12-29-18)13-30-21(20)25-23(26)31-14-19(27)24-17-9-6-5-8-15(17)4-2/h3,5-10,12-13H,1,4,11,14H2,2H3,(H,24,27). The van der Waals surface area contributed by atoms with Crippen molar-refractivity contribution in [1.29, 1.82) is 0 Å². The van der Waals surface area contributed by atoms with Gasteiger partial charge in [0.15, 0.2) is 5.16 Å². The van der Waals surface area contributed by atoms with Crippen molar-refractivity contribution >= 4 is 56.2 Å². The molecule has 0 spiro atoms. The number of carbonyl (C=O) groups excluding carboxylic acids is 1. The summed E-state index contributed by atoms with van der Waals surface area (Å²) in [6.45, 7) is 6.17. The van der Waals surface area contributed by atoms with Crippen molar-refractivity contribution in [2.75, 3.05) is 11.1 Å². The van der Waals surface area contributed by atoms with Crippen LogP contribution >= 0.6 is 34.4 Å². The maximum absolute atomic E-state index is 13.3. The molecule has 1 aromatic carbocycles. The number of allylic oxidation sites excluding steroid dienone is 1. The third-order valence-electron chi connectivity index (χ3n) is 4.76. The number of para-hydroxylation sites is 1. The number of hydrogen-bond donors (Lipinski definition) is 1. The van der Waals surface area contributed by atoms with Crippen LogP contribution in [0, 0.1) is 0 Å². The van der Waals surface area contributed by atoms with E-state index in [0.29, 0.717) is 21.9 Å². The smallest absolute Gasteiger partial charge is 0.263 e. The second kappa shape index (κ2) is 9.64. The Hall–Kier alpha value is -2.68. The first-order chi connectivity index (χ1) is 15.1. The Labute approximate surface area is 192 Å². The highest BCUT2D eigenvalue weighted by atomic mass is 32.2. The van der Waals surface area contributed by atoms with Crippen molar-refractivity contribution in [2.24, 2.45) is 0 Å². The van der Waals surface area contributed by atoms with E-state index in [9.17, 15) is 9.59 Å². The number of anilines is 1. The number of nitrogens with zero attached hydrogens (tertiary/aromatic N) is 2. The fourth-order valence-corrected chi connectivity index (χ4v) is 5.90. The summed E-state index contributed by atoms with van der Waals surface area (Å²) in [5, 5.41) is 8.09. The summed E-state index contributed by atoms with van der Waals surface area (Å²) in [6, 6.07) is 11.7. The zero-order chi connectivity index (χ0) is 21.8. The molecule has 4 rings (SSSR count). The molecule has 0 aliphatic carbocycles. The maximum atomic E-state index is 13.3. The molecule has 3 aromatic heterocycles. The van der Waals surface area contributed by atoms with Gasteiger partial charge in [-0.1, -0.05) is 49.0 Å². The summed E-state index contributed by atoms with van der Waals surface area (Å²) in [4.78, 5) is 32.3. The number of amides is 1. The molecule has 5 nitrogen and oxygen atoms in total. The number of aromatic nitrogens is 2. The highest BCUT2D eigenvalue weighted by Gasteiger charge is 2.18. The molecule has 4 aromatic rings. The van der Waals surface area contributed by atoms with Crippen LogP contribution in [-0.4, -0.2) is 21.2 Å². The molecule has 1 N–H and O–H groups in total. The van der Waals surface area contributed by atoms with Gasteiger partial charge in [-0.2, -0.15) is 0 Å². The fraction of sp³-hybridized carbons (Fsp3) is 0.174. The Balaban J connectivity index is 1.61. The van der Waals surface area contributed by atoms with E-state index in [0.717, 1.165) is 28.1 Å². The van der Waals surface area contributed by atoms with E-state index >= 15 is 0 Å². The zero-order valence-electron chi connectivity index (χ0n) is 17.0. The van der Waals surface area contributed by atoms with Gasteiger partial charge in [-0.25, -0.2) is 4.98 Å². The average molecular weight is 468 g/mol. The molecule has 0 atom stereocenters. The van der Waals surface area contributed by atoms with Crippen LogP contribution in [0.3, 0.4) is 0 Å². The number of carbonyl (C=O) groups is 1. The molecule has 0 aliphatic heterocycles. The Morgan fingerprint density at radius 1 is 1.26 bits per heavy atom. The molecule has 0 saturated carbocycles. The minimum Gasteiger partial charge on any atom is -0.325 e. The van der Waals surface area contributed by atoms with Gasteiger partial charge in [0.05, 0.1) is 11.1 Å². The summed E-state index contributed by atoms with van der Waals surface area (Å²) in [7, 11) is 0. The number of thiophene rings is 2. The quantitative estimate of drug-likeness (QED) is 0.206. The normalized spacial score (nSPS) is 11.0. The lowest BCUT2D eigenvalue weighted by Gasteiger charge is -2.12. The van der Waals surface area contributed by atoms with Gasteiger partial charge in [-0.15, -0.1) is 29.3 Å². The van der Waals surface area contributed by atoms with Gasteiger partial charge in [0.25, 0.3) is 5.56 Å². The number of benzene rings is 1. The van der Waals surface area contributed by atoms with E-state index in [1.54, 1.807) is 22.0 Å². The van der Waals surface area contributed by atoms with Gasteiger partial charge < -0.3 is 5.32 Å². The van der Waals surface area contributed by atoms with Crippen LogP contribution in [0.2, 0.25) is 0 Å². The van der Waals surface area contributed by atoms with Gasteiger partial charge in [0.2, 0.25) is 5.91 Å². The molecular formula is C23H21N3O2S3. The number of aryl methyl sites for hydroxylation is 1. The second-order valence-corrected chi connectivity index (χ2v) is 9.50. The molecule has 0 aliphatic rings. The molecule has 1 amide bonds. The summed E-state index contributed by atoms with van der Waals surface area (Å²) >= 11 is 4.31. The third kappa shape index (κ3) is 4.51. The maximum Gasteiger partial charge on any atom is 0.263 e. The van der Waals surface area contributed by atoms with Crippen LogP contribution in [0.5, 0.6) is 0 Å². The van der Waals surface area contributed by atoms with Gasteiger partial charge in [0, 0.05) is 28.1 Å². The molecule has 0 bridgehead atoms. The number of hydrogen-bond acceptors (Lipinski definition) is 6. The van der Waals surface area contributed by atoms with Crippen molar-refractivity contribution in [3.8, 4) is 10.4 Å². The number of thioether (sulfide) groups is 1. The second-order valence-electron chi connectivity index (χ2n) is 6.75. The lowest BCUT2D eigenvalue weighted by molar-refractivity contribution is -0.113. The molecule has 0 radical (unpaired) electrons. The number of rotatable bonds is 8. The summed E-state index contributed by atoms with van der Waals surface area (Å²) in [5.74, 6) is 0.0342. The minimum atomic E-state index is -0.129. The summed E-state index contributed by atoms with van der Waals surface area (Å²) in [5.41, 5.74) is 2.72. The topological polar surface area (TPSA) is 64.0 Å². The predicted molar refractivity (Wildman–Crippen MR) is 133 cm³/mol. The van der Waals surface area contributed by atoms with Gasteiger partial charge in [-0.3, -0.25) is 14.2 Å². The van der Waals surface area contributed by atoms with Crippen molar-refractivity contribution in [3.63, 3.8) is 0 Å². The first kappa shape index (κ1) is 21.5. The van der Waals surface area contributed by atoms with E-state index < -0.39 is 0 Å². The zero-order valence-corrected chi connectivity index (χ0v) is 19.4. The molecule has 0 saturated heterocycles. The van der Waals surface area contributed by atoms with Crippen molar-refractivity contribution in [3.05, 3.63) is 75.7 Å². The Kier molecular flexibility index (Phi) is 6.70. The lowest BCUT2D eigenvalue weighted by atomic mass is 10.1. The van der Waals surface area contributed by atoms with E-state index in [1.807, 2.05) is 47.2 Å². The predicted octanol–water partition coefficient (Wildman–Crippen LogP) is 5.67. The van der Waals surface area contributed by atoms with E-state index in [2.05, 4.69) is 18.8 Å². The highest BCUT2D eigenvalue weighted by molar-refractivity contribution is 7.99. The van der Waals surface area contributed by atoms with Crippen LogP contribution < -0.4 is 10.9 Å². The summed E-state index contributed by atoms with van der Waals surface area (Å²) < 4.78 is 1.59. The molecule has 0 fully saturated rings. The van der Waals surface area contributed by atoms with Gasteiger partial charge in [0.1, 0.15) is 4.83 Å². The first-order valence-electron chi connectivity index (χ1n) is 9.79. The van der Waals surface area contributed by atoms with Crippen LogP contribution in [0.25, 0.3) is 20.7 Å². The minimum absolute atomic E-state index is 0.103. The SMILES string of the molecule is C=CCn1c(SCC(=O)Nc2ccccc2CC)nc2scc(-c3cccs3)c2c1=O. The van der Waals surface area contributed by atoms with Crippen LogP contribution in [-0.2, 0) is 17.8 Å². The lowest BCUT2D eigenvalue weighted by Crippen LogP contribution is -2.23. The third-order valence-corrected chi connectivity index (χ3v) is 7.51. The summed E-state index contributed by atoms with van der Waals surface area (Å²) in [6.07, 6.45) is 2.51. The molecular weight excluding hydrogens is 446 g/mol. The van der Waals surface area contributed by atoms with E-state index in [-0.39, 0.29) is 17.2 Å². The van der Waals surface area contributed by atoms with Crippen LogP contribution in [0.4, 0.5) is 5.69 Å². The Morgan fingerprint density at radius 2 is 2.10 bits per heavy atom. The fourth-order valence-electron chi connectivity index (χ4n) is 3.29. The first-order valence-corrected chi connectivity index (χ1v) is 12.5. The molecule has 31 heavy (non-hydrogen) atoms. The molecule has 8 heteroatoms. The van der Waals surface area contributed by atoms with Gasteiger partial charge in [-0.05, 0) is 29.5 Å². The number of nitrogens with one attached hydrogen (secondary N) is 1. The van der Waals surface area contributed by atoms with Crippen LogP contribution in [0.1, 0.15) is 12.5 Å². The molecule has 3 heterocycles. The number of fused-ring (bicyclic) bond motifs is 1. The van der Waals surface area contributed by atoms with Crippen molar-refractivity contribution in [2.45, 2.75) is 25.0 Å².